The van der Waals surface area contributed by atoms with Crippen LogP contribution in [0.25, 0.3) is 0 Å². The summed E-state index contributed by atoms with van der Waals surface area (Å²) < 4.78 is 11.0. The standard InChI is InChI=1S/C14H13ClN2O3/c1-19-10-3-2-4-11(13(10)8-5-6-8)20-14-9(18)7-12(15)16-17-14/h2-4,7-8H,5-6H2,1H3,(H,16,18). The Hall–Kier alpha value is -2.01. The number of H-pyrrole nitrogens is 1. The van der Waals surface area contributed by atoms with E-state index in [4.69, 9.17) is 21.1 Å². The molecule has 1 heterocycles. The molecule has 0 bridgehead atoms. The average Bonchev–Trinajstić information content (AvgIpc) is 3.26. The van der Waals surface area contributed by atoms with E-state index in [0.717, 1.165) is 24.2 Å². The molecule has 1 aromatic heterocycles. The first-order valence-electron chi connectivity index (χ1n) is 6.29. The van der Waals surface area contributed by atoms with Crippen molar-refractivity contribution in [1.82, 2.24) is 10.2 Å². The summed E-state index contributed by atoms with van der Waals surface area (Å²) in [6.07, 6.45) is 2.20. The Kier molecular flexibility index (Phi) is 3.36. The number of aromatic nitrogens is 2. The van der Waals surface area contributed by atoms with Gasteiger partial charge in [0.1, 0.15) is 16.7 Å². The Bertz CT molecular complexity index is 695. The molecule has 1 aliphatic carbocycles. The number of methoxy groups -OCH3 is 1. The second kappa shape index (κ2) is 5.17. The average molecular weight is 293 g/mol. The van der Waals surface area contributed by atoms with Crippen LogP contribution >= 0.6 is 11.6 Å². The SMILES string of the molecule is COc1cccc(Oc2n[nH]c(Cl)cc2=O)c1C1CC1. The molecular weight excluding hydrogens is 280 g/mol. The van der Waals surface area contributed by atoms with Gasteiger partial charge in [0.2, 0.25) is 5.43 Å². The summed E-state index contributed by atoms with van der Waals surface area (Å²) >= 11 is 5.67. The van der Waals surface area contributed by atoms with Gasteiger partial charge in [0.25, 0.3) is 5.88 Å². The number of nitrogens with one attached hydrogen (secondary N) is 1. The van der Waals surface area contributed by atoms with Crippen molar-refractivity contribution in [3.8, 4) is 17.4 Å². The van der Waals surface area contributed by atoms with E-state index >= 15 is 0 Å². The van der Waals surface area contributed by atoms with Gasteiger partial charge in [-0.05, 0) is 30.9 Å². The van der Waals surface area contributed by atoms with Crippen LogP contribution in [0, 0.1) is 0 Å². The van der Waals surface area contributed by atoms with Gasteiger partial charge in [0.05, 0.1) is 7.11 Å². The van der Waals surface area contributed by atoms with Crippen LogP contribution in [0.5, 0.6) is 17.4 Å². The van der Waals surface area contributed by atoms with Gasteiger partial charge in [-0.15, -0.1) is 5.10 Å². The molecule has 2 aromatic rings. The first kappa shape index (κ1) is 13.0. The monoisotopic (exact) mass is 292 g/mol. The second-order valence-electron chi connectivity index (χ2n) is 4.63. The highest BCUT2D eigenvalue weighted by Gasteiger charge is 2.30. The molecule has 0 atom stereocenters. The second-order valence-corrected chi connectivity index (χ2v) is 5.04. The lowest BCUT2D eigenvalue weighted by atomic mass is 10.1. The van der Waals surface area contributed by atoms with E-state index in [-0.39, 0.29) is 16.5 Å². The molecule has 20 heavy (non-hydrogen) atoms. The summed E-state index contributed by atoms with van der Waals surface area (Å²) in [6.45, 7) is 0. The summed E-state index contributed by atoms with van der Waals surface area (Å²) in [5.74, 6) is 1.78. The zero-order valence-electron chi connectivity index (χ0n) is 10.9. The van der Waals surface area contributed by atoms with Crippen molar-refractivity contribution in [2.24, 2.45) is 0 Å². The Balaban J connectivity index is 2.00. The van der Waals surface area contributed by atoms with Gasteiger partial charge in [0.15, 0.2) is 0 Å². The lowest BCUT2D eigenvalue weighted by Gasteiger charge is -2.13. The van der Waals surface area contributed by atoms with Crippen molar-refractivity contribution in [3.05, 3.63) is 45.2 Å². The maximum atomic E-state index is 11.8. The van der Waals surface area contributed by atoms with Gasteiger partial charge in [0, 0.05) is 11.6 Å². The molecule has 1 aromatic carbocycles. The maximum Gasteiger partial charge on any atom is 0.285 e. The number of halogens is 1. The van der Waals surface area contributed by atoms with Gasteiger partial charge in [-0.3, -0.25) is 9.89 Å². The fourth-order valence-corrected chi connectivity index (χ4v) is 2.25. The van der Waals surface area contributed by atoms with Crippen molar-refractivity contribution in [2.45, 2.75) is 18.8 Å². The van der Waals surface area contributed by atoms with Crippen molar-refractivity contribution in [2.75, 3.05) is 7.11 Å². The normalized spacial score (nSPS) is 14.1. The molecular formula is C14H13ClN2O3. The zero-order chi connectivity index (χ0) is 14.1. The minimum atomic E-state index is -0.363. The summed E-state index contributed by atoms with van der Waals surface area (Å²) in [7, 11) is 1.62. The number of nitrogens with zero attached hydrogens (tertiary/aromatic N) is 1. The van der Waals surface area contributed by atoms with Crippen LogP contribution in [0.1, 0.15) is 24.3 Å². The fraction of sp³-hybridized carbons (Fsp3) is 0.286. The number of ether oxygens (including phenoxy) is 2. The van der Waals surface area contributed by atoms with E-state index in [0.29, 0.717) is 11.7 Å². The predicted molar refractivity (Wildman–Crippen MR) is 74.9 cm³/mol. The van der Waals surface area contributed by atoms with Crippen LogP contribution in [-0.2, 0) is 0 Å². The van der Waals surface area contributed by atoms with Crippen LogP contribution in [-0.4, -0.2) is 17.3 Å². The Morgan fingerprint density at radius 2 is 2.10 bits per heavy atom. The van der Waals surface area contributed by atoms with Crippen molar-refractivity contribution >= 4 is 11.6 Å². The smallest absolute Gasteiger partial charge is 0.285 e. The fourth-order valence-electron chi connectivity index (χ4n) is 2.11. The highest BCUT2D eigenvalue weighted by molar-refractivity contribution is 6.29. The summed E-state index contributed by atoms with van der Waals surface area (Å²) in [5.41, 5.74) is 0.629. The number of benzene rings is 1. The minimum absolute atomic E-state index is 0.0236. The molecule has 0 spiro atoms. The molecule has 0 saturated heterocycles. The lowest BCUT2D eigenvalue weighted by molar-refractivity contribution is 0.397. The van der Waals surface area contributed by atoms with Crippen molar-refractivity contribution in [1.29, 1.82) is 0 Å². The number of aromatic amines is 1. The molecule has 0 aliphatic heterocycles. The molecule has 1 aliphatic rings. The van der Waals surface area contributed by atoms with Crippen molar-refractivity contribution in [3.63, 3.8) is 0 Å². The predicted octanol–water partition coefficient (Wildman–Crippen LogP) is 3.10. The largest absolute Gasteiger partial charge is 0.496 e. The van der Waals surface area contributed by atoms with Crippen molar-refractivity contribution < 1.29 is 9.47 Å². The molecule has 0 radical (unpaired) electrons. The van der Waals surface area contributed by atoms with Gasteiger partial charge in [-0.2, -0.15) is 0 Å². The van der Waals surface area contributed by atoms with Gasteiger partial charge in [-0.25, -0.2) is 0 Å². The highest BCUT2D eigenvalue weighted by atomic mass is 35.5. The quantitative estimate of drug-likeness (QED) is 0.940. The summed E-state index contributed by atoms with van der Waals surface area (Å²) in [4.78, 5) is 11.8. The number of rotatable bonds is 4. The third-order valence-electron chi connectivity index (χ3n) is 3.17. The molecule has 5 nitrogen and oxygen atoms in total. The molecule has 6 heteroatoms. The molecule has 1 N–H and O–H groups in total. The molecule has 1 saturated carbocycles. The Morgan fingerprint density at radius 1 is 1.35 bits per heavy atom. The first-order chi connectivity index (χ1) is 9.69. The van der Waals surface area contributed by atoms with Gasteiger partial charge < -0.3 is 9.47 Å². The number of hydrogen-bond donors (Lipinski definition) is 1. The van der Waals surface area contributed by atoms with E-state index in [1.165, 1.54) is 6.07 Å². The summed E-state index contributed by atoms with van der Waals surface area (Å²) in [6, 6.07) is 6.76. The van der Waals surface area contributed by atoms with Crippen LogP contribution in [0.4, 0.5) is 0 Å². The molecule has 0 unspecified atom stereocenters. The van der Waals surface area contributed by atoms with E-state index in [1.807, 2.05) is 18.2 Å². The Morgan fingerprint density at radius 3 is 2.75 bits per heavy atom. The van der Waals surface area contributed by atoms with Crippen LogP contribution < -0.4 is 14.9 Å². The minimum Gasteiger partial charge on any atom is -0.496 e. The molecule has 104 valence electrons. The number of hydrogen-bond acceptors (Lipinski definition) is 4. The van der Waals surface area contributed by atoms with Gasteiger partial charge in [-0.1, -0.05) is 17.7 Å². The maximum absolute atomic E-state index is 11.8. The van der Waals surface area contributed by atoms with Crippen LogP contribution in [0.3, 0.4) is 0 Å². The van der Waals surface area contributed by atoms with Crippen LogP contribution in [0.2, 0.25) is 5.15 Å². The van der Waals surface area contributed by atoms with E-state index in [2.05, 4.69) is 10.2 Å². The van der Waals surface area contributed by atoms with E-state index in [9.17, 15) is 4.79 Å². The van der Waals surface area contributed by atoms with E-state index in [1.54, 1.807) is 7.11 Å². The van der Waals surface area contributed by atoms with E-state index < -0.39 is 0 Å². The van der Waals surface area contributed by atoms with Gasteiger partial charge >= 0.3 is 0 Å². The Labute approximate surface area is 120 Å². The topological polar surface area (TPSA) is 64.2 Å². The highest BCUT2D eigenvalue weighted by Crippen LogP contribution is 2.49. The summed E-state index contributed by atoms with van der Waals surface area (Å²) in [5, 5.41) is 6.51. The molecule has 3 rings (SSSR count). The lowest BCUT2D eigenvalue weighted by Crippen LogP contribution is -2.08. The third kappa shape index (κ3) is 2.49. The third-order valence-corrected chi connectivity index (χ3v) is 3.36. The molecule has 1 fully saturated rings. The van der Waals surface area contributed by atoms with Crippen LogP contribution in [0.15, 0.2) is 29.1 Å². The first-order valence-corrected chi connectivity index (χ1v) is 6.67. The zero-order valence-corrected chi connectivity index (χ0v) is 11.6. The molecule has 0 amide bonds.